The van der Waals surface area contributed by atoms with E-state index in [1.807, 2.05) is 115 Å². The van der Waals surface area contributed by atoms with Crippen LogP contribution in [0.1, 0.15) is 0 Å². The Hall–Kier alpha value is -7.51. The maximum absolute atomic E-state index is 14.4. The molecule has 0 aliphatic rings. The molecule has 4 aromatic heterocycles. The minimum Gasteiger partial charge on any atom is -0.278 e. The molecular weight excluding hydrogens is 665 g/mol. The molecule has 252 valence electrons. The van der Waals surface area contributed by atoms with Crippen molar-refractivity contribution in [3.63, 3.8) is 0 Å². The van der Waals surface area contributed by atoms with Gasteiger partial charge in [-0.25, -0.2) is 9.97 Å². The van der Waals surface area contributed by atoms with Crippen molar-refractivity contribution in [3.8, 4) is 39.9 Å². The molecule has 0 unspecified atom stereocenters. The monoisotopic (exact) mass is 692 g/mol. The van der Waals surface area contributed by atoms with E-state index in [-0.39, 0.29) is 5.56 Å². The number of fused-ring (bicyclic) bond motifs is 10. The molecule has 0 fully saturated rings. The average molecular weight is 693 g/mol. The smallest absolute Gasteiger partial charge is 0.266 e. The lowest BCUT2D eigenvalue weighted by atomic mass is 10.0. The van der Waals surface area contributed by atoms with Gasteiger partial charge in [0.1, 0.15) is 5.65 Å². The van der Waals surface area contributed by atoms with Crippen LogP contribution in [-0.2, 0) is 0 Å². The summed E-state index contributed by atoms with van der Waals surface area (Å²) in [4.78, 5) is 34.5. The lowest BCUT2D eigenvalue weighted by Gasteiger charge is -2.12. The largest absolute Gasteiger partial charge is 0.278 e. The molecule has 0 N–H and O–H groups in total. The highest BCUT2D eigenvalue weighted by Crippen LogP contribution is 2.36. The van der Waals surface area contributed by atoms with Crippen LogP contribution in [0.3, 0.4) is 0 Å². The van der Waals surface area contributed by atoms with Crippen molar-refractivity contribution in [2.75, 3.05) is 0 Å². The Labute approximate surface area is 308 Å². The molecule has 11 aromatic rings. The van der Waals surface area contributed by atoms with Crippen molar-refractivity contribution in [2.24, 2.45) is 0 Å². The quantitative estimate of drug-likeness (QED) is 0.136. The molecule has 7 nitrogen and oxygen atoms in total. The second-order valence-corrected chi connectivity index (χ2v) is 13.5. The lowest BCUT2D eigenvalue weighted by Crippen LogP contribution is -2.16. The van der Waals surface area contributed by atoms with Gasteiger partial charge in [-0.2, -0.15) is 9.97 Å². The lowest BCUT2D eigenvalue weighted by molar-refractivity contribution is 0.953. The van der Waals surface area contributed by atoms with Gasteiger partial charge in [-0.05, 0) is 52.9 Å². The Kier molecular flexibility index (Phi) is 6.57. The van der Waals surface area contributed by atoms with Crippen molar-refractivity contribution >= 4 is 60.0 Å². The Morgan fingerprint density at radius 2 is 0.889 bits per heavy atom. The number of nitrogens with zero attached hydrogens (tertiary/aromatic N) is 6. The van der Waals surface area contributed by atoms with Gasteiger partial charge in [0, 0.05) is 32.7 Å². The van der Waals surface area contributed by atoms with E-state index >= 15 is 0 Å². The third-order valence-electron chi connectivity index (χ3n) is 10.4. The summed E-state index contributed by atoms with van der Waals surface area (Å²) in [6, 6.07) is 57.0. The number of hydrogen-bond acceptors (Lipinski definition) is 5. The summed E-state index contributed by atoms with van der Waals surface area (Å²) >= 11 is 0. The molecule has 11 rings (SSSR count). The molecule has 0 saturated heterocycles. The normalized spacial score (nSPS) is 11.8. The molecular formula is C47H28N6O. The van der Waals surface area contributed by atoms with Crippen LogP contribution in [0.2, 0.25) is 0 Å². The number of hydrogen-bond donors (Lipinski definition) is 0. The molecule has 7 heteroatoms. The zero-order chi connectivity index (χ0) is 35.8. The predicted molar refractivity (Wildman–Crippen MR) is 218 cm³/mol. The van der Waals surface area contributed by atoms with Gasteiger partial charge in [0.25, 0.3) is 5.56 Å². The molecule has 0 radical (unpaired) electrons. The van der Waals surface area contributed by atoms with Crippen LogP contribution in [0.15, 0.2) is 175 Å². The first-order valence-electron chi connectivity index (χ1n) is 17.9. The molecule has 54 heavy (non-hydrogen) atoms. The standard InChI is InChI=1S/C47H28N6O/c54-46-38-28-31(23-25-39(38)48-45-36-20-8-7-17-33(36)34-18-9-12-22-41(34)53(45)46)32-24-26-42-37(27-32)35-19-10-11-21-40(35)52(42)47-50-43(29-13-3-1-4-14-29)49-44(51-47)30-15-5-2-6-16-30/h1-28H. The molecule has 4 heterocycles. The first-order chi connectivity index (χ1) is 26.7. The summed E-state index contributed by atoms with van der Waals surface area (Å²) in [7, 11) is 0. The first kappa shape index (κ1) is 30.1. The summed E-state index contributed by atoms with van der Waals surface area (Å²) in [6.07, 6.45) is 0. The van der Waals surface area contributed by atoms with E-state index in [9.17, 15) is 4.79 Å². The highest BCUT2D eigenvalue weighted by molar-refractivity contribution is 6.13. The minimum atomic E-state index is -0.0882. The summed E-state index contributed by atoms with van der Waals surface area (Å²) in [5.74, 6) is 1.75. The van der Waals surface area contributed by atoms with Crippen LogP contribution >= 0.6 is 0 Å². The summed E-state index contributed by atoms with van der Waals surface area (Å²) in [5.41, 5.74) is 7.79. The van der Waals surface area contributed by atoms with Crippen LogP contribution < -0.4 is 5.56 Å². The van der Waals surface area contributed by atoms with Gasteiger partial charge in [-0.1, -0.05) is 133 Å². The number of pyridine rings is 1. The Morgan fingerprint density at radius 1 is 0.370 bits per heavy atom. The van der Waals surface area contributed by atoms with Gasteiger partial charge in [0.15, 0.2) is 11.6 Å². The minimum absolute atomic E-state index is 0.0882. The van der Waals surface area contributed by atoms with E-state index in [4.69, 9.17) is 19.9 Å². The van der Waals surface area contributed by atoms with Gasteiger partial charge in [-0.15, -0.1) is 0 Å². The second-order valence-electron chi connectivity index (χ2n) is 13.5. The van der Waals surface area contributed by atoms with Crippen molar-refractivity contribution in [2.45, 2.75) is 0 Å². The maximum Gasteiger partial charge on any atom is 0.266 e. The van der Waals surface area contributed by atoms with Crippen LogP contribution in [0.4, 0.5) is 0 Å². The van der Waals surface area contributed by atoms with Gasteiger partial charge >= 0.3 is 0 Å². The van der Waals surface area contributed by atoms with Gasteiger partial charge in [0.2, 0.25) is 5.95 Å². The zero-order valence-electron chi connectivity index (χ0n) is 28.8. The molecule has 0 spiro atoms. The molecule has 0 aliphatic heterocycles. The fourth-order valence-electron chi connectivity index (χ4n) is 7.84. The summed E-state index contributed by atoms with van der Waals surface area (Å²) in [5, 5.41) is 5.74. The van der Waals surface area contributed by atoms with Crippen molar-refractivity contribution in [3.05, 3.63) is 180 Å². The first-order valence-corrected chi connectivity index (χ1v) is 17.9. The molecule has 0 saturated carbocycles. The fraction of sp³-hybridized carbons (Fsp3) is 0. The van der Waals surface area contributed by atoms with Crippen molar-refractivity contribution in [1.82, 2.24) is 28.9 Å². The molecule has 0 aliphatic carbocycles. The number of para-hydroxylation sites is 2. The predicted octanol–water partition coefficient (Wildman–Crippen LogP) is 10.4. The van der Waals surface area contributed by atoms with E-state index < -0.39 is 0 Å². The summed E-state index contributed by atoms with van der Waals surface area (Å²) < 4.78 is 3.88. The Bertz CT molecular complexity index is 3290. The van der Waals surface area contributed by atoms with Crippen molar-refractivity contribution < 1.29 is 0 Å². The average Bonchev–Trinajstić information content (AvgIpc) is 3.58. The van der Waals surface area contributed by atoms with Crippen molar-refractivity contribution in [1.29, 1.82) is 0 Å². The molecule has 0 atom stereocenters. The van der Waals surface area contributed by atoms with Gasteiger partial charge in [0.05, 0.1) is 27.5 Å². The van der Waals surface area contributed by atoms with Gasteiger partial charge in [-0.3, -0.25) is 13.8 Å². The molecule has 7 aromatic carbocycles. The van der Waals surface area contributed by atoms with Crippen LogP contribution in [0.5, 0.6) is 0 Å². The third kappa shape index (κ3) is 4.58. The van der Waals surface area contributed by atoms with E-state index in [0.29, 0.717) is 34.1 Å². The highest BCUT2D eigenvalue weighted by atomic mass is 16.1. The van der Waals surface area contributed by atoms with E-state index in [0.717, 1.165) is 65.7 Å². The third-order valence-corrected chi connectivity index (χ3v) is 10.4. The van der Waals surface area contributed by atoms with E-state index in [2.05, 4.69) is 59.2 Å². The van der Waals surface area contributed by atoms with E-state index in [1.54, 1.807) is 4.40 Å². The number of aromatic nitrogens is 6. The van der Waals surface area contributed by atoms with Crippen LogP contribution in [0.25, 0.3) is 99.9 Å². The number of rotatable bonds is 4. The summed E-state index contributed by atoms with van der Waals surface area (Å²) in [6.45, 7) is 0. The fourth-order valence-corrected chi connectivity index (χ4v) is 7.84. The zero-order valence-corrected chi connectivity index (χ0v) is 28.8. The Balaban J connectivity index is 1.12. The number of benzene rings is 7. The molecule has 0 amide bonds. The molecule has 0 bridgehead atoms. The van der Waals surface area contributed by atoms with Crippen LogP contribution in [-0.4, -0.2) is 28.9 Å². The van der Waals surface area contributed by atoms with Gasteiger partial charge < -0.3 is 0 Å². The topological polar surface area (TPSA) is 78.0 Å². The highest BCUT2D eigenvalue weighted by Gasteiger charge is 2.19. The Morgan fingerprint density at radius 3 is 1.57 bits per heavy atom. The van der Waals surface area contributed by atoms with Crippen LogP contribution in [0, 0.1) is 0 Å². The maximum atomic E-state index is 14.4. The SMILES string of the molecule is O=c1c2cc(-c3ccc4c(c3)c3ccccc3n4-c3nc(-c4ccccc4)nc(-c4ccccc4)n3)ccc2nc2c3ccccc3c3ccccc3n12. The second kappa shape index (κ2) is 11.8. The van der Waals surface area contributed by atoms with E-state index in [1.165, 1.54) is 0 Å².